The van der Waals surface area contributed by atoms with Gasteiger partial charge in [0.15, 0.2) is 0 Å². The van der Waals surface area contributed by atoms with Gasteiger partial charge in [-0.25, -0.2) is 0 Å². The van der Waals surface area contributed by atoms with Gasteiger partial charge in [0.2, 0.25) is 0 Å². The molecule has 1 aromatic carbocycles. The van der Waals surface area contributed by atoms with Gasteiger partial charge in [-0.05, 0) is 47.9 Å². The Morgan fingerprint density at radius 2 is 1.81 bits per heavy atom. The van der Waals surface area contributed by atoms with Crippen molar-refractivity contribution < 1.29 is 9.53 Å². The van der Waals surface area contributed by atoms with Gasteiger partial charge in [0, 0.05) is 42.8 Å². The number of methoxy groups -OCH3 is 1. The van der Waals surface area contributed by atoms with Crippen LogP contribution < -0.4 is 10.1 Å². The fourth-order valence-corrected chi connectivity index (χ4v) is 2.81. The van der Waals surface area contributed by atoms with E-state index in [-0.39, 0.29) is 11.8 Å². The van der Waals surface area contributed by atoms with Crippen molar-refractivity contribution in [1.29, 1.82) is 0 Å². The second-order valence-corrected chi connectivity index (χ2v) is 5.98. The van der Waals surface area contributed by atoms with E-state index in [1.165, 1.54) is 0 Å². The quantitative estimate of drug-likeness (QED) is 0.713. The number of aromatic nitrogens is 2. The average Bonchev–Trinajstić information content (AvgIpc) is 2.72. The molecule has 1 amide bonds. The van der Waals surface area contributed by atoms with Crippen molar-refractivity contribution in [1.82, 2.24) is 15.3 Å². The lowest BCUT2D eigenvalue weighted by molar-refractivity contribution is 0.0951. The molecule has 5 nitrogen and oxygen atoms in total. The van der Waals surface area contributed by atoms with Gasteiger partial charge in [-0.2, -0.15) is 0 Å². The maximum absolute atomic E-state index is 12.4. The summed E-state index contributed by atoms with van der Waals surface area (Å²) in [7, 11) is 1.65. The standard InChI is InChI=1S/C21H21N3O2/c1-26-20-6-4-17(5-7-20)19(13-16-3-2-10-23-14-16)15-24-21(25)18-8-11-22-12-9-18/h2-12,14,19H,13,15H2,1H3,(H,24,25). The highest BCUT2D eigenvalue weighted by Gasteiger charge is 2.15. The minimum absolute atomic E-state index is 0.0999. The molecule has 3 rings (SSSR count). The Kier molecular flexibility index (Phi) is 5.93. The molecule has 0 spiro atoms. The Morgan fingerprint density at radius 1 is 1.04 bits per heavy atom. The minimum atomic E-state index is -0.0999. The van der Waals surface area contributed by atoms with Gasteiger partial charge in [0.25, 0.3) is 5.91 Å². The number of nitrogens with zero attached hydrogens (tertiary/aromatic N) is 2. The average molecular weight is 347 g/mol. The summed E-state index contributed by atoms with van der Waals surface area (Å²) in [5.74, 6) is 0.850. The van der Waals surface area contributed by atoms with E-state index in [9.17, 15) is 4.79 Å². The molecule has 0 aliphatic heterocycles. The van der Waals surface area contributed by atoms with Crippen molar-refractivity contribution in [3.8, 4) is 5.75 Å². The first-order valence-corrected chi connectivity index (χ1v) is 8.47. The number of benzene rings is 1. The fourth-order valence-electron chi connectivity index (χ4n) is 2.81. The lowest BCUT2D eigenvalue weighted by Gasteiger charge is -2.19. The molecule has 1 N–H and O–H groups in total. The number of hydrogen-bond donors (Lipinski definition) is 1. The number of carbonyl (C=O) groups excluding carboxylic acids is 1. The van der Waals surface area contributed by atoms with E-state index < -0.39 is 0 Å². The van der Waals surface area contributed by atoms with Gasteiger partial charge in [0.1, 0.15) is 5.75 Å². The van der Waals surface area contributed by atoms with Crippen LogP contribution in [0.4, 0.5) is 0 Å². The van der Waals surface area contributed by atoms with E-state index in [4.69, 9.17) is 4.74 Å². The molecule has 2 aromatic heterocycles. The monoisotopic (exact) mass is 347 g/mol. The summed E-state index contributed by atoms with van der Waals surface area (Å²) < 4.78 is 5.24. The number of rotatable bonds is 7. The summed E-state index contributed by atoms with van der Waals surface area (Å²) in [5, 5.41) is 3.03. The molecule has 3 aromatic rings. The van der Waals surface area contributed by atoms with E-state index in [0.717, 1.165) is 23.3 Å². The first-order valence-electron chi connectivity index (χ1n) is 8.47. The molecule has 1 atom stereocenters. The summed E-state index contributed by atoms with van der Waals surface area (Å²) in [6.07, 6.45) is 7.64. The Morgan fingerprint density at radius 3 is 2.46 bits per heavy atom. The molecule has 0 radical (unpaired) electrons. The van der Waals surface area contributed by atoms with Crippen LogP contribution in [0.25, 0.3) is 0 Å². The van der Waals surface area contributed by atoms with E-state index in [1.54, 1.807) is 37.8 Å². The zero-order valence-corrected chi connectivity index (χ0v) is 14.6. The van der Waals surface area contributed by atoms with Crippen LogP contribution in [0, 0.1) is 0 Å². The molecular weight excluding hydrogens is 326 g/mol. The van der Waals surface area contributed by atoms with Gasteiger partial charge < -0.3 is 10.1 Å². The first kappa shape index (κ1) is 17.6. The number of nitrogens with one attached hydrogen (secondary N) is 1. The van der Waals surface area contributed by atoms with E-state index in [1.807, 2.05) is 42.6 Å². The van der Waals surface area contributed by atoms with Crippen molar-refractivity contribution in [3.63, 3.8) is 0 Å². The van der Waals surface area contributed by atoms with Crippen molar-refractivity contribution in [2.45, 2.75) is 12.3 Å². The predicted octanol–water partition coefficient (Wildman–Crippen LogP) is 3.24. The zero-order valence-electron chi connectivity index (χ0n) is 14.6. The van der Waals surface area contributed by atoms with Crippen molar-refractivity contribution in [2.24, 2.45) is 0 Å². The summed E-state index contributed by atoms with van der Waals surface area (Å²) >= 11 is 0. The van der Waals surface area contributed by atoms with Crippen LogP contribution in [0.2, 0.25) is 0 Å². The fraction of sp³-hybridized carbons (Fsp3) is 0.190. The van der Waals surface area contributed by atoms with Crippen LogP contribution in [0.3, 0.4) is 0 Å². The summed E-state index contributed by atoms with van der Waals surface area (Å²) in [6.45, 7) is 0.530. The van der Waals surface area contributed by atoms with E-state index >= 15 is 0 Å². The molecule has 2 heterocycles. The molecule has 1 unspecified atom stereocenters. The van der Waals surface area contributed by atoms with Gasteiger partial charge in [-0.15, -0.1) is 0 Å². The summed E-state index contributed by atoms with van der Waals surface area (Å²) in [6, 6.07) is 15.4. The van der Waals surface area contributed by atoms with Crippen LogP contribution in [0.15, 0.2) is 73.3 Å². The molecule has 0 aliphatic carbocycles. The first-order chi connectivity index (χ1) is 12.8. The van der Waals surface area contributed by atoms with Crippen LogP contribution in [-0.4, -0.2) is 29.5 Å². The number of hydrogen-bond acceptors (Lipinski definition) is 4. The topological polar surface area (TPSA) is 64.1 Å². The third-order valence-corrected chi connectivity index (χ3v) is 4.24. The normalized spacial score (nSPS) is 11.6. The van der Waals surface area contributed by atoms with Crippen molar-refractivity contribution in [2.75, 3.05) is 13.7 Å². The molecule has 0 aliphatic rings. The van der Waals surface area contributed by atoms with Crippen LogP contribution in [-0.2, 0) is 6.42 Å². The molecule has 0 saturated heterocycles. The lowest BCUT2D eigenvalue weighted by Crippen LogP contribution is -2.29. The molecular formula is C21H21N3O2. The van der Waals surface area contributed by atoms with E-state index in [0.29, 0.717) is 12.1 Å². The van der Waals surface area contributed by atoms with E-state index in [2.05, 4.69) is 15.3 Å². The molecule has 26 heavy (non-hydrogen) atoms. The van der Waals surface area contributed by atoms with Gasteiger partial charge in [-0.1, -0.05) is 18.2 Å². The highest BCUT2D eigenvalue weighted by Crippen LogP contribution is 2.23. The third kappa shape index (κ3) is 4.66. The SMILES string of the molecule is COc1ccc(C(CNC(=O)c2ccncc2)Cc2cccnc2)cc1. The maximum atomic E-state index is 12.4. The second kappa shape index (κ2) is 8.76. The minimum Gasteiger partial charge on any atom is -0.497 e. The van der Waals surface area contributed by atoms with Crippen LogP contribution in [0.1, 0.15) is 27.4 Å². The largest absolute Gasteiger partial charge is 0.497 e. The smallest absolute Gasteiger partial charge is 0.251 e. The Balaban J connectivity index is 1.74. The summed E-state index contributed by atoms with van der Waals surface area (Å²) in [5.41, 5.74) is 2.88. The number of amides is 1. The van der Waals surface area contributed by atoms with Crippen LogP contribution >= 0.6 is 0 Å². The Labute approximate surface area is 153 Å². The van der Waals surface area contributed by atoms with Gasteiger partial charge in [-0.3, -0.25) is 14.8 Å². The van der Waals surface area contributed by atoms with Crippen molar-refractivity contribution in [3.05, 3.63) is 90.0 Å². The lowest BCUT2D eigenvalue weighted by atomic mass is 9.92. The Bertz CT molecular complexity index is 821. The molecule has 0 fully saturated rings. The molecule has 0 bridgehead atoms. The predicted molar refractivity (Wildman–Crippen MR) is 100 cm³/mol. The Hall–Kier alpha value is -3.21. The van der Waals surface area contributed by atoms with Gasteiger partial charge in [0.05, 0.1) is 7.11 Å². The maximum Gasteiger partial charge on any atom is 0.251 e. The number of carbonyl (C=O) groups is 1. The molecule has 5 heteroatoms. The third-order valence-electron chi connectivity index (χ3n) is 4.24. The highest BCUT2D eigenvalue weighted by atomic mass is 16.5. The van der Waals surface area contributed by atoms with Gasteiger partial charge >= 0.3 is 0 Å². The number of pyridine rings is 2. The number of ether oxygens (including phenoxy) is 1. The molecule has 0 saturated carbocycles. The zero-order chi connectivity index (χ0) is 18.2. The van der Waals surface area contributed by atoms with Crippen LogP contribution in [0.5, 0.6) is 5.75 Å². The van der Waals surface area contributed by atoms with Crippen molar-refractivity contribution >= 4 is 5.91 Å². The second-order valence-electron chi connectivity index (χ2n) is 5.98. The highest BCUT2D eigenvalue weighted by molar-refractivity contribution is 5.93. The summed E-state index contributed by atoms with van der Waals surface area (Å²) in [4.78, 5) is 20.5. The molecule has 132 valence electrons.